The Morgan fingerprint density at radius 2 is 2.12 bits per heavy atom. The summed E-state index contributed by atoms with van der Waals surface area (Å²) in [6.07, 6.45) is 0.866. The lowest BCUT2D eigenvalue weighted by Crippen LogP contribution is -2.34. The summed E-state index contributed by atoms with van der Waals surface area (Å²) in [7, 11) is 0. The van der Waals surface area contributed by atoms with E-state index in [1.54, 1.807) is 0 Å². The van der Waals surface area contributed by atoms with Crippen molar-refractivity contribution in [3.63, 3.8) is 0 Å². The van der Waals surface area contributed by atoms with Crippen molar-refractivity contribution in [2.45, 2.75) is 18.4 Å². The van der Waals surface area contributed by atoms with Gasteiger partial charge < -0.3 is 10.4 Å². The number of aliphatic carboxylic acids is 1. The molecule has 3 nitrogen and oxygen atoms in total. The van der Waals surface area contributed by atoms with Gasteiger partial charge in [0.1, 0.15) is 6.04 Å². The third-order valence-electron chi connectivity index (χ3n) is 2.86. The van der Waals surface area contributed by atoms with Gasteiger partial charge >= 0.3 is 5.97 Å². The van der Waals surface area contributed by atoms with Crippen LogP contribution in [0.5, 0.6) is 0 Å². The lowest BCUT2D eigenvalue weighted by Gasteiger charge is -2.16. The summed E-state index contributed by atoms with van der Waals surface area (Å²) in [6.45, 7) is 0.759. The number of hydrogen-bond acceptors (Lipinski definition) is 2. The Morgan fingerprint density at radius 3 is 2.75 bits per heavy atom. The first-order valence-electron chi connectivity index (χ1n) is 5.00. The van der Waals surface area contributed by atoms with Crippen LogP contribution in [0.25, 0.3) is 0 Å². The maximum Gasteiger partial charge on any atom is 0.321 e. The zero-order chi connectivity index (χ0) is 11.7. The third kappa shape index (κ3) is 2.31. The molecule has 1 aliphatic heterocycles. The van der Waals surface area contributed by atoms with Gasteiger partial charge in [-0.25, -0.2) is 0 Å². The summed E-state index contributed by atoms with van der Waals surface area (Å²) >= 11 is 6.84. The molecule has 0 amide bonds. The second kappa shape index (κ2) is 4.85. The van der Waals surface area contributed by atoms with Crippen LogP contribution in [-0.4, -0.2) is 23.7 Å². The monoisotopic (exact) mass is 347 g/mol. The first-order chi connectivity index (χ1) is 7.59. The van der Waals surface area contributed by atoms with E-state index in [0.29, 0.717) is 0 Å². The van der Waals surface area contributed by atoms with Crippen molar-refractivity contribution in [2.75, 3.05) is 6.54 Å². The Morgan fingerprint density at radius 1 is 1.38 bits per heavy atom. The number of carboxylic acids is 1. The van der Waals surface area contributed by atoms with Gasteiger partial charge in [0, 0.05) is 14.9 Å². The first-order valence-corrected chi connectivity index (χ1v) is 6.59. The highest BCUT2D eigenvalue weighted by Crippen LogP contribution is 2.32. The number of nitrogens with one attached hydrogen (secondary N) is 1. The number of benzene rings is 1. The molecule has 1 fully saturated rings. The number of carboxylic acid groups (broad SMARTS) is 1. The predicted molar refractivity (Wildman–Crippen MR) is 68.6 cm³/mol. The van der Waals surface area contributed by atoms with Crippen molar-refractivity contribution >= 4 is 37.8 Å². The van der Waals surface area contributed by atoms with Crippen molar-refractivity contribution in [2.24, 2.45) is 0 Å². The average molecular weight is 349 g/mol. The molecule has 0 aliphatic carbocycles. The third-order valence-corrected chi connectivity index (χ3v) is 4.74. The van der Waals surface area contributed by atoms with Gasteiger partial charge in [0.2, 0.25) is 0 Å². The molecule has 1 aromatic carbocycles. The molecule has 1 aromatic rings. The topological polar surface area (TPSA) is 49.3 Å². The van der Waals surface area contributed by atoms with Crippen LogP contribution < -0.4 is 5.32 Å². The van der Waals surface area contributed by atoms with Gasteiger partial charge in [-0.05, 0) is 62.5 Å². The summed E-state index contributed by atoms with van der Waals surface area (Å²) in [4.78, 5) is 11.1. The van der Waals surface area contributed by atoms with Crippen molar-refractivity contribution in [1.82, 2.24) is 5.32 Å². The number of hydrogen-bond donors (Lipinski definition) is 2. The fourth-order valence-electron chi connectivity index (χ4n) is 2.06. The summed E-state index contributed by atoms with van der Waals surface area (Å²) in [6, 6.07) is 5.43. The molecule has 5 heteroatoms. The highest BCUT2D eigenvalue weighted by atomic mass is 79.9. The molecule has 0 spiro atoms. The second-order valence-electron chi connectivity index (χ2n) is 3.84. The lowest BCUT2D eigenvalue weighted by atomic mass is 9.92. The van der Waals surface area contributed by atoms with E-state index in [9.17, 15) is 4.79 Å². The molecule has 2 rings (SSSR count). The molecule has 16 heavy (non-hydrogen) atoms. The molecule has 86 valence electrons. The molecule has 0 aromatic heterocycles. The van der Waals surface area contributed by atoms with Gasteiger partial charge in [0.25, 0.3) is 0 Å². The van der Waals surface area contributed by atoms with Crippen LogP contribution in [0, 0.1) is 0 Å². The van der Waals surface area contributed by atoms with E-state index in [2.05, 4.69) is 37.2 Å². The smallest absolute Gasteiger partial charge is 0.321 e. The SMILES string of the molecule is O=C(O)C1NCCC1c1ccc(Br)c(Br)c1. The highest BCUT2D eigenvalue weighted by Gasteiger charge is 2.33. The fraction of sp³-hybridized carbons (Fsp3) is 0.364. The molecular formula is C11H11Br2NO2. The predicted octanol–water partition coefficient (Wildman–Crippen LogP) is 2.74. The lowest BCUT2D eigenvalue weighted by molar-refractivity contribution is -0.139. The fourth-order valence-corrected chi connectivity index (χ4v) is 2.71. The summed E-state index contributed by atoms with van der Waals surface area (Å²) in [5.74, 6) is -0.719. The van der Waals surface area contributed by atoms with E-state index in [-0.39, 0.29) is 5.92 Å². The minimum atomic E-state index is -0.776. The second-order valence-corrected chi connectivity index (χ2v) is 5.55. The van der Waals surface area contributed by atoms with Crippen LogP contribution in [0.1, 0.15) is 17.9 Å². The maximum absolute atomic E-state index is 11.1. The highest BCUT2D eigenvalue weighted by molar-refractivity contribution is 9.13. The molecule has 2 N–H and O–H groups in total. The molecule has 2 unspecified atom stereocenters. The largest absolute Gasteiger partial charge is 0.480 e. The van der Waals surface area contributed by atoms with Gasteiger partial charge in [-0.3, -0.25) is 4.79 Å². The van der Waals surface area contributed by atoms with Gasteiger partial charge in [0.15, 0.2) is 0 Å². The first kappa shape index (κ1) is 12.1. The quantitative estimate of drug-likeness (QED) is 0.864. The molecule has 2 atom stereocenters. The van der Waals surface area contributed by atoms with Gasteiger partial charge in [-0.15, -0.1) is 0 Å². The number of halogens is 2. The Hall–Kier alpha value is -0.390. The van der Waals surface area contributed by atoms with Crippen LogP contribution in [0.2, 0.25) is 0 Å². The standard InChI is InChI=1S/C11H11Br2NO2/c12-8-2-1-6(5-9(8)13)7-3-4-14-10(7)11(15)16/h1-2,5,7,10,14H,3-4H2,(H,15,16). The van der Waals surface area contributed by atoms with Crippen molar-refractivity contribution in [3.05, 3.63) is 32.7 Å². The zero-order valence-corrected chi connectivity index (χ0v) is 11.6. The van der Waals surface area contributed by atoms with Crippen LogP contribution in [0.3, 0.4) is 0 Å². The van der Waals surface area contributed by atoms with E-state index in [4.69, 9.17) is 5.11 Å². The molecule has 0 saturated carbocycles. The summed E-state index contributed by atoms with van der Waals surface area (Å²) < 4.78 is 1.94. The molecule has 0 bridgehead atoms. The van der Waals surface area contributed by atoms with E-state index < -0.39 is 12.0 Å². The van der Waals surface area contributed by atoms with Gasteiger partial charge in [-0.1, -0.05) is 6.07 Å². The van der Waals surface area contributed by atoms with E-state index >= 15 is 0 Å². The zero-order valence-electron chi connectivity index (χ0n) is 8.41. The van der Waals surface area contributed by atoms with Crippen molar-refractivity contribution in [3.8, 4) is 0 Å². The molecule has 1 heterocycles. The van der Waals surface area contributed by atoms with Crippen LogP contribution in [0.15, 0.2) is 27.1 Å². The maximum atomic E-state index is 11.1. The van der Waals surface area contributed by atoms with Crippen molar-refractivity contribution < 1.29 is 9.90 Å². The summed E-state index contributed by atoms with van der Waals surface area (Å²) in [5, 5.41) is 12.1. The minimum absolute atomic E-state index is 0.0573. The Kier molecular flexibility index (Phi) is 3.66. The van der Waals surface area contributed by atoms with Gasteiger partial charge in [-0.2, -0.15) is 0 Å². The van der Waals surface area contributed by atoms with E-state index in [1.807, 2.05) is 18.2 Å². The Bertz CT molecular complexity index is 422. The molecule has 1 saturated heterocycles. The number of rotatable bonds is 2. The van der Waals surface area contributed by atoms with Crippen molar-refractivity contribution in [1.29, 1.82) is 0 Å². The minimum Gasteiger partial charge on any atom is -0.480 e. The average Bonchev–Trinajstić information content (AvgIpc) is 2.71. The molecule has 1 aliphatic rings. The van der Waals surface area contributed by atoms with Gasteiger partial charge in [0.05, 0.1) is 0 Å². The Labute approximate surface area is 110 Å². The Balaban J connectivity index is 2.29. The number of carbonyl (C=O) groups is 1. The molecule has 0 radical (unpaired) electrons. The summed E-state index contributed by atoms with van der Waals surface area (Å²) in [5.41, 5.74) is 1.06. The normalized spacial score (nSPS) is 24.6. The van der Waals surface area contributed by atoms with Crippen LogP contribution >= 0.6 is 31.9 Å². The van der Waals surface area contributed by atoms with Crippen LogP contribution in [0.4, 0.5) is 0 Å². The van der Waals surface area contributed by atoms with Crippen LogP contribution in [-0.2, 0) is 4.79 Å². The van der Waals surface area contributed by atoms with E-state index in [0.717, 1.165) is 27.5 Å². The van der Waals surface area contributed by atoms with E-state index in [1.165, 1.54) is 0 Å². The molecular weight excluding hydrogens is 338 g/mol.